The van der Waals surface area contributed by atoms with E-state index in [-0.39, 0.29) is 82.2 Å². The molecule has 0 unspecified atom stereocenters. The molecular formula is C89H96BBr2ClN16O15. The molecule has 2 amide bonds. The molecule has 0 saturated heterocycles. The lowest BCUT2D eigenvalue weighted by molar-refractivity contribution is -0.130. The van der Waals surface area contributed by atoms with Gasteiger partial charge in [0.2, 0.25) is 29.2 Å². The van der Waals surface area contributed by atoms with E-state index in [2.05, 4.69) is 145 Å². The molecule has 31 nitrogen and oxygen atoms in total. The number of rotatable bonds is 23. The van der Waals surface area contributed by atoms with Crippen LogP contribution in [0.5, 0.6) is 17.6 Å². The number of carboxylic acids is 1. The van der Waals surface area contributed by atoms with Gasteiger partial charge in [-0.25, -0.2) is 14.8 Å². The van der Waals surface area contributed by atoms with Crippen molar-refractivity contribution in [2.24, 2.45) is 37.7 Å². The first-order chi connectivity index (χ1) is 58.9. The molecule has 124 heavy (non-hydrogen) atoms. The number of fused-ring (bicyclic) bond motifs is 7. The average Bonchev–Trinajstić information content (AvgIpc) is 1.58. The average molecular weight is 1840 g/mol. The molecule has 646 valence electrons. The number of aliphatic hydroxyl groups is 1. The molecule has 5 aliphatic rings. The van der Waals surface area contributed by atoms with Crippen LogP contribution < -0.4 is 67.8 Å². The van der Waals surface area contributed by atoms with E-state index in [1.165, 1.54) is 43.1 Å². The molecule has 0 aromatic carbocycles. The zero-order valence-electron chi connectivity index (χ0n) is 70.3. The van der Waals surface area contributed by atoms with Gasteiger partial charge in [-0.15, -0.1) is 12.4 Å². The smallest absolute Gasteiger partial charge is 0.478 e. The number of ether oxygens (including phenoxy) is 3. The summed E-state index contributed by atoms with van der Waals surface area (Å²) in [5.41, 5.74) is 16.2. The summed E-state index contributed by atoms with van der Waals surface area (Å²) in [7, 11) is 4.09. The van der Waals surface area contributed by atoms with E-state index in [4.69, 9.17) is 29.7 Å². The zero-order chi connectivity index (χ0) is 88.4. The predicted octanol–water partition coefficient (Wildman–Crippen LogP) is 10.5. The number of aryl methyl sites for hydroxylation is 3. The minimum Gasteiger partial charge on any atom is -0.478 e. The van der Waals surface area contributed by atoms with Gasteiger partial charge in [0.25, 0.3) is 28.5 Å². The van der Waals surface area contributed by atoms with Crippen molar-refractivity contribution in [1.29, 1.82) is 0 Å². The maximum Gasteiger partial charge on any atom is 0.491 e. The fourth-order valence-corrected chi connectivity index (χ4v) is 15.9. The molecule has 0 atom stereocenters. The zero-order valence-corrected chi connectivity index (χ0v) is 74.3. The minimum atomic E-state index is -1.07. The minimum absolute atomic E-state index is 0. The molecule has 8 N–H and O–H groups in total. The Labute approximate surface area is 740 Å². The van der Waals surface area contributed by atoms with E-state index in [0.717, 1.165) is 52.4 Å². The van der Waals surface area contributed by atoms with Crippen molar-refractivity contribution in [2.75, 3.05) is 65.2 Å². The maximum atomic E-state index is 13.8. The fraction of sp³-hybridized carbons (Fsp3) is 0.337. The topological polar surface area (TPSA) is 392 Å². The number of hydrogen-bond donors (Lipinski definition) is 7. The number of nitrogens with two attached hydrogens (primary N) is 1. The normalized spacial score (nSPS) is 13.7. The second kappa shape index (κ2) is 42.6. The van der Waals surface area contributed by atoms with Gasteiger partial charge < -0.3 is 78.6 Å². The number of carbonyl (C=O) groups excluding carboxylic acids is 4. The summed E-state index contributed by atoms with van der Waals surface area (Å²) < 4.78 is 32.3. The molecule has 0 fully saturated rings. The number of carboxylic acid groups (broad SMARTS) is 1. The third-order valence-corrected chi connectivity index (χ3v) is 21.0. The lowest BCUT2D eigenvalue weighted by atomic mass is 9.80. The van der Waals surface area contributed by atoms with Gasteiger partial charge in [0.05, 0.1) is 26.4 Å². The van der Waals surface area contributed by atoms with Crippen molar-refractivity contribution in [1.82, 2.24) is 47.8 Å². The second-order valence-corrected chi connectivity index (χ2v) is 32.6. The van der Waals surface area contributed by atoms with Crippen LogP contribution in [0.25, 0.3) is 11.1 Å². The van der Waals surface area contributed by atoms with Crippen molar-refractivity contribution in [2.45, 2.75) is 126 Å². The molecule has 15 rings (SSSR count). The summed E-state index contributed by atoms with van der Waals surface area (Å²) in [6.07, 6.45) is 14.0. The molecule has 2 aliphatic carbocycles. The van der Waals surface area contributed by atoms with Crippen LogP contribution in [0, 0.1) is 46.4 Å². The standard InChI is InChI=1S/C36H38N6O5.C18H20BN3O3.C18H18BrN3O3.C13H15BrN4O2.C4H4O2.ClH/c1-5-8-25(44)9-7-16-47-32-11-6-10-31(39-32)38-28-17-24(21-40(4)34(28)45)26-12-13-37-33(27(26)22-43)42-15-14-41-29(35(42)46)18-23-19-36(2,3)20-30(23)41;1-18(2)8-11-7-14-17(23)22(6-5-21(14)15(11)9-18)16-12-10-25-19(24)13(12)3-4-20-16;1-3-6-14(23)7-5-10-25-17-9-4-8-16(21-17)20-15-11-13(19)12-22(2)18(15)24;1-18-8-9(14)7-10(13(18)19)16-11-3-2-4-12(17-11)20-6-5-15;1-2-3-4(5)6;/h6,10-13,17-18,21,43H,7,9,14-16,19-20,22H2,1-4H3,(H,38,39);3-4,7,24H,5-6,8-10H2,1-2H3;4,8-9,11-12H,5,7,10H2,1-2H3,(H,20,21);2-4,7-8H,5-6,15H2,1H3,(H,16,17);1H3,(H,5,6);1H. The molecule has 0 spiro atoms. The number of hydrogen-bond acceptors (Lipinski definition) is 23. The van der Waals surface area contributed by atoms with Gasteiger partial charge in [0.15, 0.2) is 0 Å². The number of aromatic nitrogens is 10. The van der Waals surface area contributed by atoms with Gasteiger partial charge >= 0.3 is 13.1 Å². The summed E-state index contributed by atoms with van der Waals surface area (Å²) in [6.45, 7) is 17.7. The van der Waals surface area contributed by atoms with Crippen molar-refractivity contribution >= 4 is 132 Å². The number of nitrogens with one attached hydrogen (secondary N) is 3. The molecule has 35 heteroatoms. The Balaban J connectivity index is 0.000000178. The van der Waals surface area contributed by atoms with Crippen LogP contribution in [0.2, 0.25) is 0 Å². The SMILES string of the molecule is CC#CC(=O)CCCOc1cccc(Nc2cc(-c3ccnc(N4CCn5c(cc6c5CC(C)(C)C6)C4=O)c3CO)cn(C)c2=O)n1.CC#CC(=O)CCCOc1cccc(Nc2cc(Br)cn(C)c2=O)n1.CC#CC(=O)O.CC1(C)Cc2cc3n(c2C1)CCN(c1nccc2c1COB2O)C3=O.Cl.Cn1cc(Br)cc(Nc2cccc(OCCN)n2)c1=O. The number of halogens is 3. The summed E-state index contributed by atoms with van der Waals surface area (Å²) >= 11 is 6.71. The Kier molecular flexibility index (Phi) is 32.2. The van der Waals surface area contributed by atoms with Crippen LogP contribution in [-0.2, 0) is 92.2 Å². The van der Waals surface area contributed by atoms with Gasteiger partial charge in [-0.1, -0.05) is 63.7 Å². The Morgan fingerprint density at radius 2 is 1.00 bits per heavy atom. The summed E-state index contributed by atoms with van der Waals surface area (Å²) in [5.74, 6) is 16.5. The summed E-state index contributed by atoms with van der Waals surface area (Å²) in [4.78, 5) is 122. The molecule has 10 aromatic heterocycles. The number of ketones is 2. The number of aliphatic carboxylic acids is 1. The largest absolute Gasteiger partial charge is 0.491 e. The highest BCUT2D eigenvalue weighted by Gasteiger charge is 2.41. The quantitative estimate of drug-likeness (QED) is 0.0135. The maximum absolute atomic E-state index is 13.8. The van der Waals surface area contributed by atoms with Gasteiger partial charge in [0, 0.05) is 159 Å². The number of pyridine rings is 8. The van der Waals surface area contributed by atoms with Gasteiger partial charge in [-0.2, -0.15) is 15.0 Å². The van der Waals surface area contributed by atoms with Crippen LogP contribution in [0.1, 0.15) is 129 Å². The van der Waals surface area contributed by atoms with Crippen molar-refractivity contribution < 1.29 is 58.1 Å². The Morgan fingerprint density at radius 1 is 0.573 bits per heavy atom. The van der Waals surface area contributed by atoms with E-state index >= 15 is 0 Å². The third-order valence-electron chi connectivity index (χ3n) is 20.2. The van der Waals surface area contributed by atoms with Crippen LogP contribution in [0.3, 0.4) is 0 Å². The van der Waals surface area contributed by atoms with E-state index < -0.39 is 13.1 Å². The summed E-state index contributed by atoms with van der Waals surface area (Å²) in [6, 6.07) is 28.4. The van der Waals surface area contributed by atoms with Gasteiger partial charge in [-0.05, 0) is 197 Å². The lowest BCUT2D eigenvalue weighted by Gasteiger charge is -2.31. The highest BCUT2D eigenvalue weighted by Crippen LogP contribution is 2.42. The van der Waals surface area contributed by atoms with E-state index in [0.29, 0.717) is 158 Å². The lowest BCUT2D eigenvalue weighted by Crippen LogP contribution is -2.42. The molecule has 13 heterocycles. The monoisotopic (exact) mass is 1830 g/mol. The fourth-order valence-electron chi connectivity index (χ4n) is 14.8. The van der Waals surface area contributed by atoms with Crippen LogP contribution in [0.15, 0.2) is 151 Å². The number of anilines is 8. The van der Waals surface area contributed by atoms with Crippen LogP contribution >= 0.6 is 44.3 Å². The third kappa shape index (κ3) is 23.7. The number of nitrogens with zero attached hydrogens (tertiary/aromatic N) is 12. The number of carbonyl (C=O) groups is 5. The second-order valence-electron chi connectivity index (χ2n) is 30.8. The van der Waals surface area contributed by atoms with E-state index in [1.807, 2.05) is 12.0 Å². The first-order valence-corrected chi connectivity index (χ1v) is 41.2. The molecule has 0 bridgehead atoms. The number of amides is 2. The van der Waals surface area contributed by atoms with E-state index in [9.17, 15) is 48.5 Å². The highest BCUT2D eigenvalue weighted by atomic mass is 79.9. The highest BCUT2D eigenvalue weighted by molar-refractivity contribution is 9.10. The van der Waals surface area contributed by atoms with E-state index in [1.54, 1.807) is 161 Å². The molecule has 0 radical (unpaired) electrons. The van der Waals surface area contributed by atoms with Crippen LogP contribution in [0.4, 0.5) is 46.2 Å². The molecule has 3 aliphatic heterocycles. The Morgan fingerprint density at radius 3 is 1.44 bits per heavy atom. The summed E-state index contributed by atoms with van der Waals surface area (Å²) in [5, 5.41) is 37.3. The Hall–Kier alpha value is -12.5. The number of Topliss-reactive ketones (excluding diaryl/α,β-unsaturated/α-hetero) is 2. The number of aliphatic hydroxyl groups excluding tert-OH is 1. The first kappa shape index (κ1) is 93.8. The molecule has 0 saturated carbocycles. The molecular weight excluding hydrogens is 1740 g/mol. The molecule has 10 aromatic rings. The van der Waals surface area contributed by atoms with Crippen molar-refractivity contribution in [3.05, 3.63) is 213 Å². The van der Waals surface area contributed by atoms with Crippen molar-refractivity contribution in [3.63, 3.8) is 0 Å². The van der Waals surface area contributed by atoms with Gasteiger partial charge in [0.1, 0.15) is 64.1 Å². The van der Waals surface area contributed by atoms with Crippen molar-refractivity contribution in [3.8, 4) is 64.3 Å². The van der Waals surface area contributed by atoms with Gasteiger partial charge in [-0.3, -0.25) is 43.4 Å². The predicted molar refractivity (Wildman–Crippen MR) is 483 cm³/mol. The van der Waals surface area contributed by atoms with Crippen LogP contribution in [-0.4, -0.2) is 139 Å². The first-order valence-electron chi connectivity index (χ1n) is 39.6. The Bertz CT molecular complexity index is 6070.